The van der Waals surface area contributed by atoms with Gasteiger partial charge in [-0.1, -0.05) is 29.3 Å². The van der Waals surface area contributed by atoms with Crippen molar-refractivity contribution in [3.63, 3.8) is 0 Å². The lowest BCUT2D eigenvalue weighted by molar-refractivity contribution is -0.116. The smallest absolute Gasteiger partial charge is 0.251 e. The van der Waals surface area contributed by atoms with Crippen molar-refractivity contribution in [1.29, 1.82) is 0 Å². The number of nitrogens with one attached hydrogen (secondary N) is 1. The van der Waals surface area contributed by atoms with Crippen molar-refractivity contribution >= 4 is 40.7 Å². The van der Waals surface area contributed by atoms with Crippen molar-refractivity contribution in [1.82, 2.24) is 5.32 Å². The molecule has 0 unspecified atom stereocenters. The number of amides is 2. The van der Waals surface area contributed by atoms with Crippen LogP contribution in [0.3, 0.4) is 0 Å². The molecule has 0 heterocycles. The van der Waals surface area contributed by atoms with Crippen LogP contribution >= 0.6 is 23.2 Å². The lowest BCUT2D eigenvalue weighted by Crippen LogP contribution is -2.37. The molecule has 0 saturated heterocycles. The van der Waals surface area contributed by atoms with Crippen LogP contribution in [0.1, 0.15) is 17.3 Å². The minimum absolute atomic E-state index is 0.107. The Bertz CT molecular complexity index is 702. The van der Waals surface area contributed by atoms with Gasteiger partial charge in [0.1, 0.15) is 0 Å². The second-order valence-corrected chi connectivity index (χ2v) is 5.79. The first kappa shape index (κ1) is 17.3. The highest BCUT2D eigenvalue weighted by atomic mass is 35.5. The molecule has 0 spiro atoms. The summed E-state index contributed by atoms with van der Waals surface area (Å²) >= 11 is 11.7. The molecule has 0 aliphatic rings. The third-order valence-electron chi connectivity index (χ3n) is 3.23. The van der Waals surface area contributed by atoms with Crippen LogP contribution in [0.15, 0.2) is 48.5 Å². The topological polar surface area (TPSA) is 49.4 Å². The number of nitrogens with zero attached hydrogens (tertiary/aromatic N) is 1. The average Bonchev–Trinajstić information content (AvgIpc) is 2.52. The number of hydrogen-bond acceptors (Lipinski definition) is 2. The van der Waals surface area contributed by atoms with Crippen molar-refractivity contribution in [3.05, 3.63) is 64.1 Å². The number of hydrogen-bond donors (Lipinski definition) is 1. The molecule has 0 saturated carbocycles. The van der Waals surface area contributed by atoms with Gasteiger partial charge in [-0.05, 0) is 42.5 Å². The van der Waals surface area contributed by atoms with Gasteiger partial charge >= 0.3 is 0 Å². The summed E-state index contributed by atoms with van der Waals surface area (Å²) in [6.45, 7) is 2.17. The maximum Gasteiger partial charge on any atom is 0.251 e. The Morgan fingerprint density at radius 2 is 1.74 bits per heavy atom. The van der Waals surface area contributed by atoms with Gasteiger partial charge in [-0.15, -0.1) is 0 Å². The third-order valence-corrected chi connectivity index (χ3v) is 3.71. The van der Waals surface area contributed by atoms with Crippen molar-refractivity contribution in [2.45, 2.75) is 6.92 Å². The van der Waals surface area contributed by atoms with Crippen molar-refractivity contribution in [3.8, 4) is 0 Å². The predicted octanol–water partition coefficient (Wildman–Crippen LogP) is 3.78. The first-order valence-corrected chi connectivity index (χ1v) is 7.80. The predicted molar refractivity (Wildman–Crippen MR) is 93.3 cm³/mol. The molecule has 23 heavy (non-hydrogen) atoms. The number of carbonyl (C=O) groups excluding carboxylic acids is 2. The molecule has 6 heteroatoms. The van der Waals surface area contributed by atoms with E-state index in [1.807, 2.05) is 0 Å². The van der Waals surface area contributed by atoms with Crippen LogP contribution < -0.4 is 10.2 Å². The SMILES string of the molecule is CC(=O)N(CCNC(=O)c1cccc(Cl)c1)c1ccc(Cl)cc1. The Labute approximate surface area is 145 Å². The fraction of sp³-hybridized carbons (Fsp3) is 0.176. The van der Waals surface area contributed by atoms with E-state index in [2.05, 4.69) is 5.32 Å². The average molecular weight is 351 g/mol. The molecular weight excluding hydrogens is 335 g/mol. The summed E-state index contributed by atoms with van der Waals surface area (Å²) in [4.78, 5) is 25.4. The normalized spacial score (nSPS) is 10.2. The quantitative estimate of drug-likeness (QED) is 0.891. The summed E-state index contributed by atoms with van der Waals surface area (Å²) in [5.74, 6) is -0.337. The van der Waals surface area contributed by atoms with Crippen LogP contribution in [0.25, 0.3) is 0 Å². The highest BCUT2D eigenvalue weighted by Crippen LogP contribution is 2.18. The van der Waals surface area contributed by atoms with E-state index in [1.165, 1.54) is 6.92 Å². The highest BCUT2D eigenvalue weighted by Gasteiger charge is 2.12. The minimum Gasteiger partial charge on any atom is -0.350 e. The third kappa shape index (κ3) is 4.98. The van der Waals surface area contributed by atoms with Gasteiger partial charge in [-0.2, -0.15) is 0 Å². The molecule has 4 nitrogen and oxygen atoms in total. The van der Waals surface area contributed by atoms with Gasteiger partial charge in [0.15, 0.2) is 0 Å². The standard InChI is InChI=1S/C17H16Cl2N2O2/c1-12(22)21(16-7-5-14(18)6-8-16)10-9-20-17(23)13-3-2-4-15(19)11-13/h2-8,11H,9-10H2,1H3,(H,20,23). The molecule has 0 fully saturated rings. The minimum atomic E-state index is -0.230. The first-order chi connectivity index (χ1) is 11.0. The van der Waals surface area contributed by atoms with Crippen LogP contribution in [-0.2, 0) is 4.79 Å². The molecule has 0 aromatic heterocycles. The molecular formula is C17H16Cl2N2O2. The summed E-state index contributed by atoms with van der Waals surface area (Å²) in [5.41, 5.74) is 1.22. The second kappa shape index (κ2) is 7.99. The van der Waals surface area contributed by atoms with E-state index in [4.69, 9.17) is 23.2 Å². The van der Waals surface area contributed by atoms with Crippen molar-refractivity contribution in [2.75, 3.05) is 18.0 Å². The number of anilines is 1. The summed E-state index contributed by atoms with van der Waals surface area (Å²) in [5, 5.41) is 3.88. The molecule has 120 valence electrons. The molecule has 0 radical (unpaired) electrons. The Morgan fingerprint density at radius 3 is 2.35 bits per heavy atom. The summed E-state index contributed by atoms with van der Waals surface area (Å²) < 4.78 is 0. The fourth-order valence-corrected chi connectivity index (χ4v) is 2.42. The van der Waals surface area contributed by atoms with Gasteiger partial charge in [-0.3, -0.25) is 9.59 Å². The van der Waals surface area contributed by atoms with E-state index in [-0.39, 0.29) is 11.8 Å². The highest BCUT2D eigenvalue weighted by molar-refractivity contribution is 6.31. The Morgan fingerprint density at radius 1 is 1.04 bits per heavy atom. The van der Waals surface area contributed by atoms with Gasteiger partial charge in [0, 0.05) is 41.3 Å². The fourth-order valence-electron chi connectivity index (χ4n) is 2.10. The molecule has 2 amide bonds. The Hall–Kier alpha value is -2.04. The number of halogens is 2. The number of rotatable bonds is 5. The zero-order chi connectivity index (χ0) is 16.8. The van der Waals surface area contributed by atoms with Gasteiger partial charge in [0.2, 0.25) is 5.91 Å². The van der Waals surface area contributed by atoms with Crippen molar-refractivity contribution in [2.24, 2.45) is 0 Å². The molecule has 0 aliphatic heterocycles. The van der Waals surface area contributed by atoms with Gasteiger partial charge in [0.25, 0.3) is 5.91 Å². The molecule has 1 N–H and O–H groups in total. The van der Waals surface area contributed by atoms with Crippen LogP contribution in [0, 0.1) is 0 Å². The van der Waals surface area contributed by atoms with Gasteiger partial charge in [0.05, 0.1) is 0 Å². The largest absolute Gasteiger partial charge is 0.350 e. The van der Waals surface area contributed by atoms with Gasteiger partial charge in [-0.25, -0.2) is 0 Å². The Balaban J connectivity index is 1.96. The molecule has 0 atom stereocenters. The van der Waals surface area contributed by atoms with Gasteiger partial charge < -0.3 is 10.2 Å². The van der Waals surface area contributed by atoms with E-state index in [0.29, 0.717) is 28.7 Å². The molecule has 2 aromatic rings. The molecule has 2 rings (SSSR count). The molecule has 0 bridgehead atoms. The Kier molecular flexibility index (Phi) is 6.02. The van der Waals surface area contributed by atoms with Crippen LogP contribution in [0.5, 0.6) is 0 Å². The summed E-state index contributed by atoms with van der Waals surface area (Å²) in [6, 6.07) is 13.7. The van der Waals surface area contributed by atoms with Crippen LogP contribution in [0.2, 0.25) is 10.0 Å². The number of carbonyl (C=O) groups is 2. The molecule has 2 aromatic carbocycles. The maximum atomic E-state index is 12.0. The first-order valence-electron chi connectivity index (χ1n) is 7.05. The van der Waals surface area contributed by atoms with Crippen LogP contribution in [-0.4, -0.2) is 24.9 Å². The van der Waals surface area contributed by atoms with E-state index in [0.717, 1.165) is 5.69 Å². The van der Waals surface area contributed by atoms with E-state index < -0.39 is 0 Å². The molecule has 0 aliphatic carbocycles. The monoisotopic (exact) mass is 350 g/mol. The lowest BCUT2D eigenvalue weighted by Gasteiger charge is -2.21. The summed E-state index contributed by atoms with van der Waals surface area (Å²) in [7, 11) is 0. The lowest BCUT2D eigenvalue weighted by atomic mass is 10.2. The van der Waals surface area contributed by atoms with Crippen LogP contribution in [0.4, 0.5) is 5.69 Å². The zero-order valence-electron chi connectivity index (χ0n) is 12.6. The van der Waals surface area contributed by atoms with E-state index in [1.54, 1.807) is 53.4 Å². The second-order valence-electron chi connectivity index (χ2n) is 4.91. The van der Waals surface area contributed by atoms with Crippen molar-refractivity contribution < 1.29 is 9.59 Å². The zero-order valence-corrected chi connectivity index (χ0v) is 14.1. The number of benzene rings is 2. The van der Waals surface area contributed by atoms with E-state index >= 15 is 0 Å². The van der Waals surface area contributed by atoms with E-state index in [9.17, 15) is 9.59 Å². The maximum absolute atomic E-state index is 12.0. The summed E-state index contributed by atoms with van der Waals surface area (Å²) in [6.07, 6.45) is 0.